The summed E-state index contributed by atoms with van der Waals surface area (Å²) in [6.07, 6.45) is -0.535. The van der Waals surface area contributed by atoms with Crippen LogP contribution in [0.3, 0.4) is 0 Å². The van der Waals surface area contributed by atoms with E-state index >= 15 is 0 Å². The predicted octanol–water partition coefficient (Wildman–Crippen LogP) is 0.938. The minimum absolute atomic E-state index is 0.276. The van der Waals surface area contributed by atoms with Crippen LogP contribution in [0.25, 0.3) is 0 Å². The largest absolute Gasteiger partial charge is 0.480 e. The van der Waals surface area contributed by atoms with Crippen molar-refractivity contribution < 1.29 is 19.4 Å². The lowest BCUT2D eigenvalue weighted by Crippen LogP contribution is -2.49. The van der Waals surface area contributed by atoms with Gasteiger partial charge < -0.3 is 9.84 Å². The fraction of sp³-hybridized carbons (Fsp3) is 0.778. The molecule has 0 bridgehead atoms. The molecule has 1 heterocycles. The minimum Gasteiger partial charge on any atom is -0.480 e. The molecule has 1 fully saturated rings. The van der Waals surface area contributed by atoms with E-state index in [2.05, 4.69) is 0 Å². The molecule has 1 N–H and O–H groups in total. The third kappa shape index (κ3) is 1.97. The Kier molecular flexibility index (Phi) is 2.69. The third-order valence-corrected chi connectivity index (χ3v) is 2.16. The van der Waals surface area contributed by atoms with Crippen LogP contribution in [0.5, 0.6) is 0 Å². The maximum atomic E-state index is 11.2. The van der Waals surface area contributed by atoms with Crippen LogP contribution in [0.1, 0.15) is 20.8 Å². The number of amides is 1. The number of rotatable bonds is 2. The second-order valence-electron chi connectivity index (χ2n) is 4.41. The number of carboxylic acid groups (broad SMARTS) is 1. The summed E-state index contributed by atoms with van der Waals surface area (Å²) in [5, 5.41) is 9.04. The van der Waals surface area contributed by atoms with Gasteiger partial charge in [0.1, 0.15) is 12.6 Å². The molecule has 0 radical (unpaired) electrons. The van der Waals surface area contributed by atoms with Crippen molar-refractivity contribution in [2.24, 2.45) is 5.41 Å². The summed E-state index contributed by atoms with van der Waals surface area (Å²) in [7, 11) is 0. The average molecular weight is 201 g/mol. The standard InChI is InChI=1S/C9H15NO4/c1-9(2,3)6(7(11)12)10-4-5-14-8(10)13/h6H,4-5H2,1-3H3,(H,11,12). The molecule has 0 aromatic heterocycles. The highest BCUT2D eigenvalue weighted by molar-refractivity contribution is 5.81. The van der Waals surface area contributed by atoms with Gasteiger partial charge in [0.25, 0.3) is 0 Å². The first-order valence-electron chi connectivity index (χ1n) is 4.50. The molecule has 5 heteroatoms. The zero-order valence-corrected chi connectivity index (χ0v) is 8.61. The molecule has 0 aliphatic carbocycles. The molecule has 1 atom stereocenters. The molecule has 0 spiro atoms. The highest BCUT2D eigenvalue weighted by Crippen LogP contribution is 2.26. The van der Waals surface area contributed by atoms with E-state index in [-0.39, 0.29) is 6.61 Å². The highest BCUT2D eigenvalue weighted by atomic mass is 16.6. The number of carboxylic acids is 1. The van der Waals surface area contributed by atoms with Gasteiger partial charge in [0.2, 0.25) is 0 Å². The lowest BCUT2D eigenvalue weighted by molar-refractivity contribution is -0.145. The molecule has 1 amide bonds. The first-order valence-corrected chi connectivity index (χ1v) is 4.50. The van der Waals surface area contributed by atoms with E-state index in [1.54, 1.807) is 20.8 Å². The van der Waals surface area contributed by atoms with Gasteiger partial charge in [0, 0.05) is 0 Å². The van der Waals surface area contributed by atoms with E-state index < -0.39 is 23.5 Å². The molecule has 1 aliphatic rings. The Morgan fingerprint density at radius 2 is 2.14 bits per heavy atom. The van der Waals surface area contributed by atoms with E-state index in [0.717, 1.165) is 0 Å². The zero-order chi connectivity index (χ0) is 10.9. The molecule has 5 nitrogen and oxygen atoms in total. The topological polar surface area (TPSA) is 66.8 Å². The number of nitrogens with zero attached hydrogens (tertiary/aromatic N) is 1. The van der Waals surface area contributed by atoms with E-state index in [4.69, 9.17) is 9.84 Å². The Hall–Kier alpha value is -1.26. The van der Waals surface area contributed by atoms with Crippen LogP contribution in [0.15, 0.2) is 0 Å². The van der Waals surface area contributed by atoms with Crippen molar-refractivity contribution in [2.45, 2.75) is 26.8 Å². The molecule has 0 aromatic rings. The van der Waals surface area contributed by atoms with Gasteiger partial charge in [-0.05, 0) is 5.41 Å². The zero-order valence-electron chi connectivity index (χ0n) is 8.61. The van der Waals surface area contributed by atoms with Crippen molar-refractivity contribution in [3.63, 3.8) is 0 Å². The highest BCUT2D eigenvalue weighted by Gasteiger charge is 2.41. The summed E-state index contributed by atoms with van der Waals surface area (Å²) >= 11 is 0. The van der Waals surface area contributed by atoms with E-state index in [0.29, 0.717) is 6.54 Å². The monoisotopic (exact) mass is 201 g/mol. The van der Waals surface area contributed by atoms with Crippen LogP contribution >= 0.6 is 0 Å². The van der Waals surface area contributed by atoms with Gasteiger partial charge in [-0.25, -0.2) is 9.59 Å². The predicted molar refractivity (Wildman–Crippen MR) is 48.9 cm³/mol. The lowest BCUT2D eigenvalue weighted by atomic mass is 9.86. The first kappa shape index (κ1) is 10.8. The van der Waals surface area contributed by atoms with E-state index in [9.17, 15) is 9.59 Å². The smallest absolute Gasteiger partial charge is 0.410 e. The quantitative estimate of drug-likeness (QED) is 0.722. The first-order chi connectivity index (χ1) is 6.34. The summed E-state index contributed by atoms with van der Waals surface area (Å²) < 4.78 is 4.72. The van der Waals surface area contributed by atoms with Crippen molar-refractivity contribution in [3.05, 3.63) is 0 Å². The van der Waals surface area contributed by atoms with Crippen LogP contribution in [0, 0.1) is 5.41 Å². The molecule has 80 valence electrons. The fourth-order valence-electron chi connectivity index (χ4n) is 1.61. The summed E-state index contributed by atoms with van der Waals surface area (Å²) in [5.74, 6) is -0.989. The normalized spacial score (nSPS) is 19.4. The average Bonchev–Trinajstić information content (AvgIpc) is 2.32. The van der Waals surface area contributed by atoms with Crippen molar-refractivity contribution in [1.29, 1.82) is 0 Å². The molecule has 0 saturated carbocycles. The Bertz CT molecular complexity index is 256. The van der Waals surface area contributed by atoms with Gasteiger partial charge in [-0.1, -0.05) is 20.8 Å². The fourth-order valence-corrected chi connectivity index (χ4v) is 1.61. The number of aliphatic carboxylic acids is 1. The van der Waals surface area contributed by atoms with Gasteiger partial charge in [-0.15, -0.1) is 0 Å². The molecule has 1 aliphatic heterocycles. The lowest BCUT2D eigenvalue weighted by Gasteiger charge is -2.32. The van der Waals surface area contributed by atoms with Crippen LogP contribution < -0.4 is 0 Å². The number of carbonyl (C=O) groups excluding carboxylic acids is 1. The van der Waals surface area contributed by atoms with E-state index in [1.807, 2.05) is 0 Å². The maximum Gasteiger partial charge on any atom is 0.410 e. The number of hydrogen-bond donors (Lipinski definition) is 1. The van der Waals surface area contributed by atoms with Gasteiger partial charge in [0.05, 0.1) is 6.54 Å². The number of ether oxygens (including phenoxy) is 1. The number of hydrogen-bond acceptors (Lipinski definition) is 3. The number of cyclic esters (lactones) is 1. The minimum atomic E-state index is -0.989. The SMILES string of the molecule is CC(C)(C)C(C(=O)O)N1CCOC1=O. The summed E-state index contributed by atoms with van der Waals surface area (Å²) in [4.78, 5) is 23.5. The van der Waals surface area contributed by atoms with Gasteiger partial charge in [-0.3, -0.25) is 4.90 Å². The molecular formula is C9H15NO4. The Balaban J connectivity index is 2.88. The Morgan fingerprint density at radius 1 is 1.57 bits per heavy atom. The molecular weight excluding hydrogens is 186 g/mol. The van der Waals surface area contributed by atoms with Crippen LogP contribution in [0.4, 0.5) is 4.79 Å². The van der Waals surface area contributed by atoms with Crippen LogP contribution in [0.2, 0.25) is 0 Å². The summed E-state index contributed by atoms with van der Waals surface area (Å²) in [6, 6.07) is -0.822. The molecule has 1 unspecified atom stereocenters. The van der Waals surface area contributed by atoms with Crippen molar-refractivity contribution >= 4 is 12.1 Å². The second kappa shape index (κ2) is 3.48. The summed E-state index contributed by atoms with van der Waals surface area (Å²) in [6.45, 7) is 6.00. The second-order valence-corrected chi connectivity index (χ2v) is 4.41. The Labute approximate surface area is 82.6 Å². The summed E-state index contributed by atoms with van der Waals surface area (Å²) in [5.41, 5.74) is -0.491. The van der Waals surface area contributed by atoms with Crippen molar-refractivity contribution in [1.82, 2.24) is 4.90 Å². The third-order valence-electron chi connectivity index (χ3n) is 2.16. The molecule has 1 saturated heterocycles. The van der Waals surface area contributed by atoms with Gasteiger partial charge >= 0.3 is 12.1 Å². The Morgan fingerprint density at radius 3 is 2.43 bits per heavy atom. The van der Waals surface area contributed by atoms with E-state index in [1.165, 1.54) is 4.90 Å². The molecule has 14 heavy (non-hydrogen) atoms. The molecule has 0 aromatic carbocycles. The maximum absolute atomic E-state index is 11.2. The van der Waals surface area contributed by atoms with Gasteiger partial charge in [-0.2, -0.15) is 0 Å². The van der Waals surface area contributed by atoms with Crippen LogP contribution in [-0.2, 0) is 9.53 Å². The van der Waals surface area contributed by atoms with Crippen molar-refractivity contribution in [2.75, 3.05) is 13.2 Å². The number of carbonyl (C=O) groups is 2. The van der Waals surface area contributed by atoms with Gasteiger partial charge in [0.15, 0.2) is 0 Å². The van der Waals surface area contributed by atoms with Crippen LogP contribution in [-0.4, -0.2) is 41.3 Å². The van der Waals surface area contributed by atoms with Crippen molar-refractivity contribution in [3.8, 4) is 0 Å². The molecule has 1 rings (SSSR count).